The summed E-state index contributed by atoms with van der Waals surface area (Å²) in [5, 5.41) is 2.27. The van der Waals surface area contributed by atoms with E-state index in [-0.39, 0.29) is 0 Å². The largest absolute Gasteiger partial charge is 0.292 e. The van der Waals surface area contributed by atoms with Gasteiger partial charge in [-0.3, -0.25) is 27.1 Å². The highest BCUT2D eigenvalue weighted by Crippen LogP contribution is 2.41. The van der Waals surface area contributed by atoms with Gasteiger partial charge in [0.05, 0.1) is 33.1 Å². The van der Waals surface area contributed by atoms with Crippen molar-refractivity contribution >= 4 is 77.8 Å². The highest BCUT2D eigenvalue weighted by molar-refractivity contribution is 6.13. The summed E-state index contributed by atoms with van der Waals surface area (Å²) in [6, 6.07) is 73.3. The first kappa shape index (κ1) is 33.2. The minimum absolute atomic E-state index is 0.880. The summed E-state index contributed by atoms with van der Waals surface area (Å²) in [5.41, 5.74) is 17.2. The Labute approximate surface area is 353 Å². The van der Waals surface area contributed by atoms with Gasteiger partial charge in [-0.05, 0) is 108 Å². The number of hydrogen-bond donors (Lipinski definition) is 0. The van der Waals surface area contributed by atoms with Gasteiger partial charge in [0.25, 0.3) is 0 Å². The third-order valence-corrected chi connectivity index (χ3v) is 12.6. The van der Waals surface area contributed by atoms with E-state index in [1.165, 1.54) is 0 Å². The van der Waals surface area contributed by atoms with Gasteiger partial charge in [-0.1, -0.05) is 109 Å². The van der Waals surface area contributed by atoms with E-state index in [1.807, 2.05) is 0 Å². The number of benzene rings is 8. The molecular weight excluding hydrogens is 761 g/mol. The van der Waals surface area contributed by atoms with Crippen LogP contribution in [0.5, 0.6) is 0 Å². The Balaban J connectivity index is 1.07. The molecule has 6 heterocycles. The van der Waals surface area contributed by atoms with Gasteiger partial charge in [0.15, 0.2) is 11.3 Å². The summed E-state index contributed by atoms with van der Waals surface area (Å²) < 4.78 is 13.9. The average Bonchev–Trinajstić information content (AvgIpc) is 4.16. The number of nitrogens with zero attached hydrogens (tertiary/aromatic N) is 8. The van der Waals surface area contributed by atoms with Gasteiger partial charge in [0.1, 0.15) is 11.0 Å². The zero-order chi connectivity index (χ0) is 40.5. The number of rotatable bonds is 5. The second kappa shape index (κ2) is 12.5. The lowest BCUT2D eigenvalue weighted by molar-refractivity contribution is 1.09. The van der Waals surface area contributed by atoms with Crippen molar-refractivity contribution in [3.8, 4) is 33.9 Å². The highest BCUT2D eigenvalue weighted by atomic mass is 15.3. The molecule has 8 nitrogen and oxygen atoms in total. The highest BCUT2D eigenvalue weighted by Gasteiger charge is 2.26. The number of imidazole rings is 4. The van der Waals surface area contributed by atoms with Crippen LogP contribution in [0.25, 0.3) is 112 Å². The Kier molecular flexibility index (Phi) is 6.68. The van der Waals surface area contributed by atoms with Crippen molar-refractivity contribution in [2.45, 2.75) is 0 Å². The molecule has 14 aromatic rings. The molecule has 0 aliphatic carbocycles. The third kappa shape index (κ3) is 4.44. The van der Waals surface area contributed by atoms with Gasteiger partial charge in [-0.15, -0.1) is 0 Å². The molecule has 8 aromatic carbocycles. The minimum Gasteiger partial charge on any atom is -0.292 e. The van der Waals surface area contributed by atoms with E-state index in [4.69, 9.17) is 9.97 Å². The predicted octanol–water partition coefficient (Wildman–Crippen LogP) is 12.7. The molecule has 14 rings (SSSR count). The molecule has 0 aliphatic rings. The van der Waals surface area contributed by atoms with E-state index < -0.39 is 0 Å². The van der Waals surface area contributed by atoms with Gasteiger partial charge in [-0.25, -0.2) is 0 Å². The van der Waals surface area contributed by atoms with Crippen LogP contribution >= 0.6 is 0 Å². The molecule has 0 saturated heterocycles. The maximum absolute atomic E-state index is 5.50. The molecule has 8 heteroatoms. The third-order valence-electron chi connectivity index (χ3n) is 12.6. The summed E-state index contributed by atoms with van der Waals surface area (Å²) >= 11 is 0. The number of fused-ring (bicyclic) bond motifs is 14. The minimum atomic E-state index is 0.880. The molecule has 290 valence electrons. The van der Waals surface area contributed by atoms with Crippen molar-refractivity contribution in [2.24, 2.45) is 0 Å². The molecule has 0 fully saturated rings. The zero-order valence-corrected chi connectivity index (χ0v) is 33.2. The van der Waals surface area contributed by atoms with E-state index >= 15 is 0 Å². The van der Waals surface area contributed by atoms with Crippen molar-refractivity contribution in [3.63, 3.8) is 0 Å². The molecule has 0 amide bonds. The van der Waals surface area contributed by atoms with Crippen LogP contribution in [0.2, 0.25) is 0 Å². The molecule has 0 saturated carbocycles. The Morgan fingerprint density at radius 1 is 0.274 bits per heavy atom. The van der Waals surface area contributed by atoms with Crippen LogP contribution in [-0.2, 0) is 0 Å². The fourth-order valence-corrected chi connectivity index (χ4v) is 10.0. The standard InChI is InChI=1S/C54H34N8/c1-5-17-37(18-6-1)57-43-31-29-35(33-41(43)49-51(57)55-53-59(39-21-9-3-10-22-39)45-25-13-15-27-47(45)61(49)53)36-30-32-44-42(34-36)50-52(58(44)38-19-7-2-8-20-38)56-54-60(40-23-11-4-12-24-40)46-26-14-16-28-48(46)62(50)54/h1-34H. The smallest absolute Gasteiger partial charge is 0.222 e. The molecule has 0 bridgehead atoms. The maximum atomic E-state index is 5.50. The van der Waals surface area contributed by atoms with Gasteiger partial charge < -0.3 is 0 Å². The van der Waals surface area contributed by atoms with Crippen molar-refractivity contribution in [1.29, 1.82) is 0 Å². The Morgan fingerprint density at radius 2 is 0.597 bits per heavy atom. The van der Waals surface area contributed by atoms with Crippen molar-refractivity contribution < 1.29 is 0 Å². The first-order valence-electron chi connectivity index (χ1n) is 20.9. The summed E-state index contributed by atoms with van der Waals surface area (Å²) in [4.78, 5) is 11.0. The molecule has 0 unspecified atom stereocenters. The fourth-order valence-electron chi connectivity index (χ4n) is 10.0. The van der Waals surface area contributed by atoms with Crippen LogP contribution < -0.4 is 0 Å². The second-order valence-corrected chi connectivity index (χ2v) is 16.0. The maximum Gasteiger partial charge on any atom is 0.222 e. The number of para-hydroxylation sites is 8. The summed E-state index contributed by atoms with van der Waals surface area (Å²) in [7, 11) is 0. The lowest BCUT2D eigenvalue weighted by Gasteiger charge is -2.09. The van der Waals surface area contributed by atoms with Gasteiger partial charge >= 0.3 is 0 Å². The molecule has 62 heavy (non-hydrogen) atoms. The van der Waals surface area contributed by atoms with E-state index in [0.717, 1.165) is 112 Å². The van der Waals surface area contributed by atoms with E-state index in [0.29, 0.717) is 0 Å². The van der Waals surface area contributed by atoms with Crippen molar-refractivity contribution in [1.82, 2.24) is 37.0 Å². The Morgan fingerprint density at radius 3 is 0.968 bits per heavy atom. The first-order valence-corrected chi connectivity index (χ1v) is 20.9. The molecule has 0 atom stereocenters. The molecule has 0 N–H and O–H groups in total. The van der Waals surface area contributed by atoms with Gasteiger partial charge in [-0.2, -0.15) is 9.97 Å². The Bertz CT molecular complexity index is 3800. The Hall–Kier alpha value is -8.62. The fraction of sp³-hybridized carbons (Fsp3) is 0. The van der Waals surface area contributed by atoms with Crippen molar-refractivity contribution in [2.75, 3.05) is 0 Å². The van der Waals surface area contributed by atoms with Gasteiger partial charge in [0, 0.05) is 33.5 Å². The molecule has 0 spiro atoms. The summed E-state index contributed by atoms with van der Waals surface area (Å²) in [6.07, 6.45) is 0. The van der Waals surface area contributed by atoms with Gasteiger partial charge in [0.2, 0.25) is 11.6 Å². The van der Waals surface area contributed by atoms with Crippen molar-refractivity contribution in [3.05, 3.63) is 206 Å². The van der Waals surface area contributed by atoms with Crippen LogP contribution in [0.1, 0.15) is 0 Å². The number of hydrogen-bond acceptors (Lipinski definition) is 2. The van der Waals surface area contributed by atoms with Crippen LogP contribution in [-0.4, -0.2) is 37.0 Å². The SMILES string of the molecule is c1ccc(-n2c3ccc(-c4ccc5c(c4)c4c(nc6n(-c7ccccc7)c7ccccc7n46)n5-c4ccccc4)cc3c3c2nc2n(-c4ccccc4)c4ccccc4n32)cc1. The van der Waals surface area contributed by atoms with Crippen LogP contribution in [0.3, 0.4) is 0 Å². The van der Waals surface area contributed by atoms with Crippen LogP contribution in [0.15, 0.2) is 206 Å². The normalized spacial score (nSPS) is 12.2. The van der Waals surface area contributed by atoms with E-state index in [9.17, 15) is 0 Å². The summed E-state index contributed by atoms with van der Waals surface area (Å²) in [6.45, 7) is 0. The molecular formula is C54H34N8. The number of aromatic nitrogens is 8. The average molecular weight is 795 g/mol. The summed E-state index contributed by atoms with van der Waals surface area (Å²) in [5.74, 6) is 1.76. The molecule has 0 radical (unpaired) electrons. The van der Waals surface area contributed by atoms with E-state index in [1.54, 1.807) is 0 Å². The molecule has 0 aliphatic heterocycles. The second-order valence-electron chi connectivity index (χ2n) is 16.0. The van der Waals surface area contributed by atoms with E-state index in [2.05, 4.69) is 233 Å². The predicted molar refractivity (Wildman–Crippen MR) is 252 cm³/mol. The van der Waals surface area contributed by atoms with Crippen LogP contribution in [0.4, 0.5) is 0 Å². The quantitative estimate of drug-likeness (QED) is 0.174. The van der Waals surface area contributed by atoms with Crippen LogP contribution in [0, 0.1) is 0 Å². The topological polar surface area (TPSA) is 54.3 Å². The monoisotopic (exact) mass is 794 g/mol. The lowest BCUT2D eigenvalue weighted by Crippen LogP contribution is -1.97. The zero-order valence-electron chi connectivity index (χ0n) is 33.2. The molecule has 6 aromatic heterocycles. The first-order chi connectivity index (χ1) is 30.8. The lowest BCUT2D eigenvalue weighted by atomic mass is 10.0.